The summed E-state index contributed by atoms with van der Waals surface area (Å²) in [7, 11) is 0. The zero-order valence-corrected chi connectivity index (χ0v) is 9.18. The van der Waals surface area contributed by atoms with Gasteiger partial charge in [-0.3, -0.25) is 4.98 Å². The summed E-state index contributed by atoms with van der Waals surface area (Å²) in [6.07, 6.45) is 5.88. The second-order valence-corrected chi connectivity index (χ2v) is 3.63. The maximum absolute atomic E-state index is 4.89. The number of rotatable bonds is 5. The van der Waals surface area contributed by atoms with E-state index in [0.717, 1.165) is 19.5 Å². The Morgan fingerprint density at radius 3 is 3.06 bits per heavy atom. The average molecular weight is 218 g/mol. The van der Waals surface area contributed by atoms with Gasteiger partial charge in [-0.2, -0.15) is 4.98 Å². The first-order valence-electron chi connectivity index (χ1n) is 5.21. The van der Waals surface area contributed by atoms with Gasteiger partial charge in [0.1, 0.15) is 0 Å². The maximum Gasteiger partial charge on any atom is 0.227 e. The molecule has 5 heteroatoms. The van der Waals surface area contributed by atoms with Gasteiger partial charge >= 0.3 is 0 Å². The molecule has 16 heavy (non-hydrogen) atoms. The van der Waals surface area contributed by atoms with Crippen LogP contribution in [0.4, 0.5) is 0 Å². The second-order valence-electron chi connectivity index (χ2n) is 3.63. The molecule has 0 aliphatic heterocycles. The summed E-state index contributed by atoms with van der Waals surface area (Å²) < 4.78 is 4.89. The van der Waals surface area contributed by atoms with Gasteiger partial charge in [0.05, 0.1) is 0 Å². The molecule has 0 unspecified atom stereocenters. The van der Waals surface area contributed by atoms with Crippen LogP contribution in [0.2, 0.25) is 0 Å². The Hall–Kier alpha value is -1.75. The normalized spacial score (nSPS) is 10.6. The third kappa shape index (κ3) is 3.13. The number of nitrogens with zero attached hydrogens (tertiary/aromatic N) is 3. The Bertz CT molecular complexity index is 427. The van der Waals surface area contributed by atoms with Gasteiger partial charge in [-0.15, -0.1) is 0 Å². The minimum absolute atomic E-state index is 0.662. The van der Waals surface area contributed by atoms with Gasteiger partial charge in [0.25, 0.3) is 0 Å². The molecule has 0 radical (unpaired) electrons. The summed E-state index contributed by atoms with van der Waals surface area (Å²) in [4.78, 5) is 8.08. The number of hydrogen-bond acceptors (Lipinski definition) is 5. The van der Waals surface area contributed by atoms with Gasteiger partial charge in [-0.05, 0) is 18.1 Å². The molecule has 0 aliphatic rings. The van der Waals surface area contributed by atoms with Gasteiger partial charge in [0.15, 0.2) is 6.33 Å². The van der Waals surface area contributed by atoms with Crippen molar-refractivity contribution >= 4 is 0 Å². The van der Waals surface area contributed by atoms with Gasteiger partial charge < -0.3 is 9.84 Å². The molecule has 0 amide bonds. The number of hydrogen-bond donors (Lipinski definition) is 1. The Kier molecular flexibility index (Phi) is 3.61. The number of pyridine rings is 1. The molecule has 0 fully saturated rings. The lowest BCUT2D eigenvalue weighted by molar-refractivity contribution is 0.375. The van der Waals surface area contributed by atoms with Gasteiger partial charge in [-0.25, -0.2) is 0 Å². The second kappa shape index (κ2) is 5.37. The van der Waals surface area contributed by atoms with Crippen molar-refractivity contribution in [2.45, 2.75) is 19.9 Å². The molecule has 0 spiro atoms. The molecule has 0 saturated heterocycles. The van der Waals surface area contributed by atoms with Crippen molar-refractivity contribution in [2.24, 2.45) is 0 Å². The predicted molar refractivity (Wildman–Crippen MR) is 58.7 cm³/mol. The van der Waals surface area contributed by atoms with E-state index in [0.29, 0.717) is 5.89 Å². The Morgan fingerprint density at radius 1 is 1.38 bits per heavy atom. The first-order valence-corrected chi connectivity index (χ1v) is 5.21. The zero-order valence-electron chi connectivity index (χ0n) is 9.18. The van der Waals surface area contributed by atoms with Crippen molar-refractivity contribution in [3.8, 4) is 0 Å². The molecule has 5 nitrogen and oxygen atoms in total. The SMILES string of the molecule is Cc1cncc(CNCCc2ncno2)c1. The maximum atomic E-state index is 4.89. The van der Waals surface area contributed by atoms with Crippen molar-refractivity contribution in [2.75, 3.05) is 6.54 Å². The molecule has 84 valence electrons. The fourth-order valence-corrected chi connectivity index (χ4v) is 1.45. The van der Waals surface area contributed by atoms with E-state index in [1.165, 1.54) is 17.5 Å². The third-order valence-corrected chi connectivity index (χ3v) is 2.18. The first-order chi connectivity index (χ1) is 7.84. The average Bonchev–Trinajstić information content (AvgIpc) is 2.77. The van der Waals surface area contributed by atoms with Crippen LogP contribution < -0.4 is 5.32 Å². The Balaban J connectivity index is 1.72. The van der Waals surface area contributed by atoms with Crippen molar-refractivity contribution in [3.05, 3.63) is 41.8 Å². The fraction of sp³-hybridized carbons (Fsp3) is 0.364. The van der Waals surface area contributed by atoms with E-state index >= 15 is 0 Å². The van der Waals surface area contributed by atoms with Crippen molar-refractivity contribution in [1.82, 2.24) is 20.4 Å². The molecule has 0 aliphatic carbocycles. The van der Waals surface area contributed by atoms with Crippen LogP contribution in [0.25, 0.3) is 0 Å². The van der Waals surface area contributed by atoms with E-state index in [9.17, 15) is 0 Å². The summed E-state index contributed by atoms with van der Waals surface area (Å²) in [5.41, 5.74) is 2.36. The summed E-state index contributed by atoms with van der Waals surface area (Å²) >= 11 is 0. The van der Waals surface area contributed by atoms with E-state index < -0.39 is 0 Å². The van der Waals surface area contributed by atoms with Crippen LogP contribution in [-0.4, -0.2) is 21.7 Å². The molecule has 2 aromatic rings. The topological polar surface area (TPSA) is 63.8 Å². The minimum atomic E-state index is 0.662. The van der Waals surface area contributed by atoms with Crippen LogP contribution in [0.5, 0.6) is 0 Å². The van der Waals surface area contributed by atoms with Gasteiger partial charge in [0, 0.05) is 31.9 Å². The fourth-order valence-electron chi connectivity index (χ4n) is 1.45. The van der Waals surface area contributed by atoms with E-state index in [1.54, 1.807) is 0 Å². The van der Waals surface area contributed by atoms with E-state index in [4.69, 9.17) is 4.52 Å². The quantitative estimate of drug-likeness (QED) is 0.761. The summed E-state index contributed by atoms with van der Waals surface area (Å²) in [6, 6.07) is 2.12. The largest absolute Gasteiger partial charge is 0.340 e. The zero-order chi connectivity index (χ0) is 11.2. The van der Waals surface area contributed by atoms with Gasteiger partial charge in [-0.1, -0.05) is 11.2 Å². The summed E-state index contributed by atoms with van der Waals surface area (Å²) in [5, 5.41) is 6.85. The van der Waals surface area contributed by atoms with E-state index in [1.807, 2.05) is 19.3 Å². The summed E-state index contributed by atoms with van der Waals surface area (Å²) in [6.45, 7) is 3.66. The summed E-state index contributed by atoms with van der Waals surface area (Å²) in [5.74, 6) is 0.662. The van der Waals surface area contributed by atoms with Gasteiger partial charge in [0.2, 0.25) is 5.89 Å². The Labute approximate surface area is 93.9 Å². The van der Waals surface area contributed by atoms with Crippen molar-refractivity contribution in [3.63, 3.8) is 0 Å². The van der Waals surface area contributed by atoms with Crippen LogP contribution in [0.3, 0.4) is 0 Å². The predicted octanol–water partition coefficient (Wildman–Crippen LogP) is 1.11. The van der Waals surface area contributed by atoms with Crippen LogP contribution >= 0.6 is 0 Å². The third-order valence-electron chi connectivity index (χ3n) is 2.18. The molecule has 2 heterocycles. The number of nitrogens with one attached hydrogen (secondary N) is 1. The molecule has 2 aromatic heterocycles. The van der Waals surface area contributed by atoms with E-state index in [-0.39, 0.29) is 0 Å². The molecule has 0 atom stereocenters. The monoisotopic (exact) mass is 218 g/mol. The highest BCUT2D eigenvalue weighted by molar-refractivity contribution is 5.16. The van der Waals surface area contributed by atoms with Crippen molar-refractivity contribution < 1.29 is 4.52 Å². The molecule has 2 rings (SSSR count). The van der Waals surface area contributed by atoms with E-state index in [2.05, 4.69) is 26.5 Å². The lowest BCUT2D eigenvalue weighted by Gasteiger charge is -2.03. The van der Waals surface area contributed by atoms with Crippen LogP contribution in [0, 0.1) is 6.92 Å². The smallest absolute Gasteiger partial charge is 0.227 e. The number of aromatic nitrogens is 3. The van der Waals surface area contributed by atoms with Crippen molar-refractivity contribution in [1.29, 1.82) is 0 Å². The molecule has 1 N–H and O–H groups in total. The first kappa shape index (κ1) is 10.8. The van der Waals surface area contributed by atoms with Crippen LogP contribution in [-0.2, 0) is 13.0 Å². The van der Waals surface area contributed by atoms with Crippen LogP contribution in [0.1, 0.15) is 17.0 Å². The Morgan fingerprint density at radius 2 is 2.31 bits per heavy atom. The molecule has 0 saturated carbocycles. The molecule has 0 bridgehead atoms. The lowest BCUT2D eigenvalue weighted by Crippen LogP contribution is -2.16. The standard InChI is InChI=1S/C11H14N4O/c1-9-4-10(7-13-5-9)6-12-3-2-11-14-8-15-16-11/h4-5,7-8,12H,2-3,6H2,1H3. The molecule has 0 aromatic carbocycles. The highest BCUT2D eigenvalue weighted by Gasteiger charge is 1.98. The lowest BCUT2D eigenvalue weighted by atomic mass is 10.2. The number of aryl methyl sites for hydroxylation is 1. The van der Waals surface area contributed by atoms with Crippen LogP contribution in [0.15, 0.2) is 29.3 Å². The minimum Gasteiger partial charge on any atom is -0.340 e. The molecular formula is C11H14N4O. The molecular weight excluding hydrogens is 204 g/mol. The highest BCUT2D eigenvalue weighted by Crippen LogP contribution is 2.00. The highest BCUT2D eigenvalue weighted by atomic mass is 16.5.